The Labute approximate surface area is 247 Å². The Hall–Kier alpha value is -3.66. The predicted molar refractivity (Wildman–Crippen MR) is 158 cm³/mol. The third-order valence-electron chi connectivity index (χ3n) is 6.04. The van der Waals surface area contributed by atoms with Crippen molar-refractivity contribution in [1.29, 1.82) is 0 Å². The molecule has 0 bridgehead atoms. The molecule has 1 aromatic heterocycles. The normalized spacial score (nSPS) is 12.7. The summed E-state index contributed by atoms with van der Waals surface area (Å²) in [5, 5.41) is 2.87. The first-order chi connectivity index (χ1) is 20.3. The van der Waals surface area contributed by atoms with E-state index in [1.54, 1.807) is 43.3 Å². The average Bonchev–Trinajstić information content (AvgIpc) is 3.01. The number of hydrogen-bond acceptors (Lipinski definition) is 10. The summed E-state index contributed by atoms with van der Waals surface area (Å²) in [6.45, 7) is 6.16. The summed E-state index contributed by atoms with van der Waals surface area (Å²) >= 11 is 0. The first-order valence-corrected chi connectivity index (χ1v) is 15.6. The van der Waals surface area contributed by atoms with Gasteiger partial charge in [-0.05, 0) is 49.6 Å². The van der Waals surface area contributed by atoms with Gasteiger partial charge in [-0.15, -0.1) is 0 Å². The number of amides is 1. The summed E-state index contributed by atoms with van der Waals surface area (Å²) in [6, 6.07) is 17.2. The molecule has 0 spiro atoms. The minimum Gasteiger partial charge on any atom is -0.481 e. The predicted octanol–water partition coefficient (Wildman–Crippen LogP) is 6.69. The van der Waals surface area contributed by atoms with E-state index in [1.807, 2.05) is 32.0 Å². The molecular formula is C30H40N3O8P. The quantitative estimate of drug-likeness (QED) is 0.124. The highest BCUT2D eigenvalue weighted by Crippen LogP contribution is 2.60. The van der Waals surface area contributed by atoms with E-state index in [0.29, 0.717) is 41.7 Å². The Bertz CT molecular complexity index is 1260. The number of methoxy groups -OCH3 is 2. The van der Waals surface area contributed by atoms with Crippen LogP contribution in [0.15, 0.2) is 60.7 Å². The van der Waals surface area contributed by atoms with Gasteiger partial charge in [-0.25, -0.2) is 0 Å². The fourth-order valence-corrected chi connectivity index (χ4v) is 5.64. The number of rotatable bonds is 18. The number of nitrogens with zero attached hydrogens (tertiary/aromatic N) is 2. The van der Waals surface area contributed by atoms with Crippen molar-refractivity contribution in [3.8, 4) is 29.3 Å². The van der Waals surface area contributed by atoms with E-state index >= 15 is 0 Å². The fourth-order valence-electron chi connectivity index (χ4n) is 3.68. The summed E-state index contributed by atoms with van der Waals surface area (Å²) < 4.78 is 47.7. The third kappa shape index (κ3) is 9.72. The van der Waals surface area contributed by atoms with Crippen molar-refractivity contribution in [2.24, 2.45) is 0 Å². The van der Waals surface area contributed by atoms with Gasteiger partial charge in [-0.3, -0.25) is 9.36 Å². The first kappa shape index (κ1) is 32.8. The highest BCUT2D eigenvalue weighted by molar-refractivity contribution is 7.54. The number of hydrogen-bond donors (Lipinski definition) is 1. The minimum atomic E-state index is -3.77. The molecule has 1 amide bonds. The largest absolute Gasteiger partial charge is 0.481 e. The number of unbranched alkanes of at least 4 members (excludes halogenated alkanes) is 2. The molecule has 0 aliphatic rings. The molecular weight excluding hydrogens is 561 g/mol. The Morgan fingerprint density at radius 1 is 0.857 bits per heavy atom. The van der Waals surface area contributed by atoms with Crippen molar-refractivity contribution >= 4 is 13.5 Å². The number of aromatic nitrogens is 2. The van der Waals surface area contributed by atoms with Crippen LogP contribution in [-0.2, 0) is 18.4 Å². The zero-order valence-corrected chi connectivity index (χ0v) is 25.7. The summed E-state index contributed by atoms with van der Waals surface area (Å²) in [5.74, 6) is -0.0237. The topological polar surface area (TPSA) is 127 Å². The van der Waals surface area contributed by atoms with Crippen molar-refractivity contribution in [3.05, 3.63) is 66.2 Å². The van der Waals surface area contributed by atoms with Gasteiger partial charge in [0, 0.05) is 0 Å². The second kappa shape index (κ2) is 16.7. The SMILES string of the molecule is CCCCOP(=O)(OCCCC)C(NC(=O)C(C)Oc1ccc(Oc2nc(OC)cc(OC)n2)cc1)c1ccccc1. The lowest BCUT2D eigenvalue weighted by molar-refractivity contribution is -0.127. The Morgan fingerprint density at radius 2 is 1.40 bits per heavy atom. The zero-order chi connectivity index (χ0) is 30.4. The molecule has 228 valence electrons. The number of carbonyl (C=O) groups excluding carboxylic acids is 1. The van der Waals surface area contributed by atoms with Crippen molar-refractivity contribution in [3.63, 3.8) is 0 Å². The second-order valence-electron chi connectivity index (χ2n) is 9.30. The van der Waals surface area contributed by atoms with E-state index in [-0.39, 0.29) is 19.2 Å². The van der Waals surface area contributed by atoms with E-state index in [2.05, 4.69) is 15.3 Å². The van der Waals surface area contributed by atoms with Crippen molar-refractivity contribution in [2.45, 2.75) is 58.3 Å². The van der Waals surface area contributed by atoms with Crippen LogP contribution in [0.25, 0.3) is 0 Å². The van der Waals surface area contributed by atoms with Crippen LogP contribution >= 0.6 is 7.60 Å². The van der Waals surface area contributed by atoms with Crippen LogP contribution in [0.2, 0.25) is 0 Å². The Kier molecular flexibility index (Phi) is 13.1. The van der Waals surface area contributed by atoms with E-state index < -0.39 is 25.4 Å². The molecule has 12 heteroatoms. The summed E-state index contributed by atoms with van der Waals surface area (Å²) in [7, 11) is -0.811. The molecule has 0 radical (unpaired) electrons. The van der Waals surface area contributed by atoms with Crippen LogP contribution in [0, 0.1) is 0 Å². The maximum Gasteiger partial charge on any atom is 0.357 e. The highest BCUT2D eigenvalue weighted by Gasteiger charge is 2.39. The summed E-state index contributed by atoms with van der Waals surface area (Å²) in [4.78, 5) is 21.6. The molecule has 2 atom stereocenters. The molecule has 1 heterocycles. The maximum atomic E-state index is 14.1. The molecule has 2 aromatic carbocycles. The van der Waals surface area contributed by atoms with E-state index in [1.165, 1.54) is 20.3 Å². The smallest absolute Gasteiger partial charge is 0.357 e. The van der Waals surface area contributed by atoms with Crippen LogP contribution in [0.4, 0.5) is 0 Å². The van der Waals surface area contributed by atoms with Crippen LogP contribution < -0.4 is 24.3 Å². The lowest BCUT2D eigenvalue weighted by Crippen LogP contribution is -2.39. The van der Waals surface area contributed by atoms with Crippen molar-refractivity contribution in [1.82, 2.24) is 15.3 Å². The molecule has 11 nitrogen and oxygen atoms in total. The number of carbonyl (C=O) groups is 1. The summed E-state index contributed by atoms with van der Waals surface area (Å²) in [5.41, 5.74) is 0.618. The highest BCUT2D eigenvalue weighted by atomic mass is 31.2. The number of ether oxygens (including phenoxy) is 4. The van der Waals surface area contributed by atoms with Crippen LogP contribution in [0.1, 0.15) is 57.8 Å². The fraction of sp³-hybridized carbons (Fsp3) is 0.433. The molecule has 0 aliphatic heterocycles. The van der Waals surface area contributed by atoms with Gasteiger partial charge in [0.05, 0.1) is 33.5 Å². The summed E-state index contributed by atoms with van der Waals surface area (Å²) in [6.07, 6.45) is 2.24. The van der Waals surface area contributed by atoms with Crippen LogP contribution in [-0.4, -0.2) is 49.4 Å². The number of benzene rings is 2. The van der Waals surface area contributed by atoms with Crippen molar-refractivity contribution in [2.75, 3.05) is 27.4 Å². The monoisotopic (exact) mass is 601 g/mol. The molecule has 3 rings (SSSR count). The standard InChI is InChI=1S/C30H40N3O8P/c1-6-8-19-38-42(35,39-20-9-7-2)29(23-13-11-10-12-14-23)33-28(34)22(3)40-24-15-17-25(18-16-24)41-30-31-26(36-4)21-27(32-30)37-5/h10-18,21-22,29H,6-9,19-20H2,1-5H3,(H,33,34). The second-order valence-corrected chi connectivity index (χ2v) is 11.4. The van der Waals surface area contributed by atoms with Gasteiger partial charge in [0.15, 0.2) is 11.9 Å². The van der Waals surface area contributed by atoms with Gasteiger partial charge in [0.25, 0.3) is 5.91 Å². The van der Waals surface area contributed by atoms with Gasteiger partial charge in [-0.2, -0.15) is 9.97 Å². The van der Waals surface area contributed by atoms with Crippen molar-refractivity contribution < 1.29 is 37.4 Å². The lowest BCUT2D eigenvalue weighted by atomic mass is 10.2. The average molecular weight is 602 g/mol. The van der Waals surface area contributed by atoms with E-state index in [9.17, 15) is 9.36 Å². The van der Waals surface area contributed by atoms with E-state index in [4.69, 9.17) is 28.0 Å². The van der Waals surface area contributed by atoms with E-state index in [0.717, 1.165) is 12.8 Å². The van der Waals surface area contributed by atoms with Gasteiger partial charge in [0.2, 0.25) is 11.8 Å². The molecule has 42 heavy (non-hydrogen) atoms. The molecule has 0 saturated heterocycles. The third-order valence-corrected chi connectivity index (χ3v) is 8.19. The molecule has 1 N–H and O–H groups in total. The molecule has 0 saturated carbocycles. The number of nitrogens with one attached hydrogen (secondary N) is 1. The Morgan fingerprint density at radius 3 is 1.93 bits per heavy atom. The minimum absolute atomic E-state index is 0.0475. The zero-order valence-electron chi connectivity index (χ0n) is 24.8. The van der Waals surface area contributed by atoms with Gasteiger partial charge in [-0.1, -0.05) is 57.0 Å². The molecule has 3 aromatic rings. The van der Waals surface area contributed by atoms with Crippen LogP contribution in [0.5, 0.6) is 29.3 Å². The van der Waals surface area contributed by atoms with Gasteiger partial charge >= 0.3 is 13.6 Å². The maximum absolute atomic E-state index is 14.1. The van der Waals surface area contributed by atoms with Gasteiger partial charge < -0.3 is 33.3 Å². The van der Waals surface area contributed by atoms with Gasteiger partial charge in [0.1, 0.15) is 11.5 Å². The Balaban J connectivity index is 1.72. The first-order valence-electron chi connectivity index (χ1n) is 14.0. The molecule has 2 unspecified atom stereocenters. The molecule has 0 aliphatic carbocycles. The molecule has 0 fully saturated rings. The lowest BCUT2D eigenvalue weighted by Gasteiger charge is -2.29. The van der Waals surface area contributed by atoms with Crippen LogP contribution in [0.3, 0.4) is 0 Å².